The second-order valence-electron chi connectivity index (χ2n) is 4.22. The molecule has 92 valence electrons. The van der Waals surface area contributed by atoms with Crippen molar-refractivity contribution in [3.8, 4) is 0 Å². The van der Waals surface area contributed by atoms with Gasteiger partial charge in [0.25, 0.3) is 0 Å². The van der Waals surface area contributed by atoms with Crippen molar-refractivity contribution in [3.05, 3.63) is 16.9 Å². The Morgan fingerprint density at radius 3 is 2.94 bits per heavy atom. The molecule has 1 saturated heterocycles. The number of hydrogen-bond donors (Lipinski definition) is 1. The van der Waals surface area contributed by atoms with Gasteiger partial charge in [0, 0.05) is 5.69 Å². The Bertz CT molecular complexity index is 418. The molecule has 2 unspecified atom stereocenters. The van der Waals surface area contributed by atoms with Gasteiger partial charge in [-0.15, -0.1) is 0 Å². The van der Waals surface area contributed by atoms with E-state index in [2.05, 4.69) is 15.3 Å². The monoisotopic (exact) mass is 255 g/mol. The summed E-state index contributed by atoms with van der Waals surface area (Å²) in [5.41, 5.74) is 0.719. The highest BCUT2D eigenvalue weighted by Gasteiger charge is 2.28. The van der Waals surface area contributed by atoms with Crippen LogP contribution in [0.5, 0.6) is 0 Å². The summed E-state index contributed by atoms with van der Waals surface area (Å²) >= 11 is 5.79. The van der Waals surface area contributed by atoms with Crippen molar-refractivity contribution >= 4 is 23.5 Å². The first kappa shape index (κ1) is 12.3. The highest BCUT2D eigenvalue weighted by atomic mass is 35.5. The Balaban J connectivity index is 2.03. The molecule has 0 aliphatic carbocycles. The quantitative estimate of drug-likeness (QED) is 0.819. The van der Waals surface area contributed by atoms with Crippen molar-refractivity contribution in [3.63, 3.8) is 0 Å². The number of anilines is 1. The second-order valence-corrected chi connectivity index (χ2v) is 4.61. The van der Waals surface area contributed by atoms with Gasteiger partial charge in [-0.2, -0.15) is 0 Å². The van der Waals surface area contributed by atoms with Crippen LogP contribution in [0.25, 0.3) is 0 Å². The molecule has 1 aliphatic rings. The maximum Gasteiger partial charge on any atom is 0.232 e. The van der Waals surface area contributed by atoms with E-state index >= 15 is 0 Å². The van der Waals surface area contributed by atoms with Crippen LogP contribution in [-0.4, -0.2) is 28.6 Å². The third kappa shape index (κ3) is 3.14. The van der Waals surface area contributed by atoms with E-state index in [9.17, 15) is 4.79 Å². The second kappa shape index (κ2) is 4.98. The van der Waals surface area contributed by atoms with Crippen LogP contribution in [0.15, 0.2) is 6.07 Å². The van der Waals surface area contributed by atoms with Gasteiger partial charge in [0.15, 0.2) is 0 Å². The molecule has 1 aromatic heterocycles. The number of carbonyl (C=O) groups is 1. The first-order chi connectivity index (χ1) is 8.04. The molecular weight excluding hydrogens is 242 g/mol. The van der Waals surface area contributed by atoms with Crippen molar-refractivity contribution in [2.24, 2.45) is 5.92 Å². The fourth-order valence-corrected chi connectivity index (χ4v) is 2.04. The van der Waals surface area contributed by atoms with Crippen molar-refractivity contribution < 1.29 is 9.53 Å². The van der Waals surface area contributed by atoms with Crippen LogP contribution in [0.2, 0.25) is 5.15 Å². The maximum absolute atomic E-state index is 11.9. The molecule has 2 rings (SSSR count). The molecule has 0 aromatic carbocycles. The first-order valence-corrected chi connectivity index (χ1v) is 5.86. The lowest BCUT2D eigenvalue weighted by Gasteiger charge is -2.08. The third-order valence-corrected chi connectivity index (χ3v) is 2.82. The summed E-state index contributed by atoms with van der Waals surface area (Å²) in [7, 11) is 0. The van der Waals surface area contributed by atoms with Crippen molar-refractivity contribution in [1.29, 1.82) is 0 Å². The van der Waals surface area contributed by atoms with Crippen LogP contribution < -0.4 is 5.32 Å². The van der Waals surface area contributed by atoms with Crippen molar-refractivity contribution in [1.82, 2.24) is 9.97 Å². The lowest BCUT2D eigenvalue weighted by atomic mass is 10.1. The normalized spacial score (nSPS) is 23.7. The van der Waals surface area contributed by atoms with Gasteiger partial charge in [-0.05, 0) is 26.3 Å². The number of rotatable bonds is 2. The van der Waals surface area contributed by atoms with Gasteiger partial charge < -0.3 is 4.74 Å². The summed E-state index contributed by atoms with van der Waals surface area (Å²) in [6, 6.07) is 1.64. The van der Waals surface area contributed by atoms with Gasteiger partial charge in [-0.25, -0.2) is 9.97 Å². The zero-order valence-electron chi connectivity index (χ0n) is 9.74. The van der Waals surface area contributed by atoms with Gasteiger partial charge in [-0.1, -0.05) is 11.6 Å². The Labute approximate surface area is 105 Å². The number of aromatic nitrogens is 2. The molecule has 0 spiro atoms. The Kier molecular flexibility index (Phi) is 3.59. The minimum absolute atomic E-state index is 0.115. The number of hydrogen-bond acceptors (Lipinski definition) is 4. The highest BCUT2D eigenvalue weighted by Crippen LogP contribution is 2.20. The Hall–Kier alpha value is -1.20. The molecular formula is C11H14ClN3O2. The smallest absolute Gasteiger partial charge is 0.232 e. The minimum atomic E-state index is -0.132. The zero-order chi connectivity index (χ0) is 12.4. The fourth-order valence-electron chi connectivity index (χ4n) is 1.80. The van der Waals surface area contributed by atoms with Crippen molar-refractivity contribution in [2.75, 3.05) is 11.9 Å². The molecule has 0 radical (unpaired) electrons. The predicted octanol–water partition coefficient (Wildman–Crippen LogP) is 1.80. The summed E-state index contributed by atoms with van der Waals surface area (Å²) in [6.45, 7) is 4.20. The molecule has 2 atom stereocenters. The average molecular weight is 256 g/mol. The fraction of sp³-hybridized carbons (Fsp3) is 0.545. The van der Waals surface area contributed by atoms with E-state index in [0.29, 0.717) is 11.8 Å². The van der Waals surface area contributed by atoms with Crippen LogP contribution in [0.1, 0.15) is 19.0 Å². The van der Waals surface area contributed by atoms with Crippen LogP contribution >= 0.6 is 11.6 Å². The lowest BCUT2D eigenvalue weighted by molar-refractivity contribution is -0.119. The van der Waals surface area contributed by atoms with Gasteiger partial charge in [0.05, 0.1) is 18.6 Å². The number of halogens is 1. The summed E-state index contributed by atoms with van der Waals surface area (Å²) < 4.78 is 5.34. The summed E-state index contributed by atoms with van der Waals surface area (Å²) in [5, 5.41) is 2.98. The Morgan fingerprint density at radius 1 is 1.59 bits per heavy atom. The standard InChI is InChI=1S/C11H14ClN3O2/c1-6-3-9(12)14-11(13-6)15-10(16)8-4-7(2)17-5-8/h3,7-8H,4-5H2,1-2H3,(H,13,14,15,16). The van der Waals surface area contributed by atoms with Crippen LogP contribution in [0.4, 0.5) is 5.95 Å². The molecule has 1 aliphatic heterocycles. The Morgan fingerprint density at radius 2 is 2.35 bits per heavy atom. The van der Waals surface area contributed by atoms with E-state index in [1.165, 1.54) is 0 Å². The molecule has 0 bridgehead atoms. The third-order valence-electron chi connectivity index (χ3n) is 2.63. The van der Waals surface area contributed by atoms with E-state index in [1.54, 1.807) is 13.0 Å². The maximum atomic E-state index is 11.9. The number of nitrogens with zero attached hydrogens (tertiary/aromatic N) is 2. The van der Waals surface area contributed by atoms with E-state index in [-0.39, 0.29) is 23.9 Å². The largest absolute Gasteiger partial charge is 0.378 e. The first-order valence-electron chi connectivity index (χ1n) is 5.48. The van der Waals surface area contributed by atoms with Gasteiger partial charge >= 0.3 is 0 Å². The van der Waals surface area contributed by atoms with E-state index in [0.717, 1.165) is 12.1 Å². The lowest BCUT2D eigenvalue weighted by Crippen LogP contribution is -2.24. The SMILES string of the molecule is Cc1cc(Cl)nc(NC(=O)C2COC(C)C2)n1. The number of aryl methyl sites for hydroxylation is 1. The van der Waals surface area contributed by atoms with E-state index < -0.39 is 0 Å². The molecule has 1 aromatic rings. The molecule has 2 heterocycles. The number of nitrogens with one attached hydrogen (secondary N) is 1. The van der Waals surface area contributed by atoms with Crippen LogP contribution in [0, 0.1) is 12.8 Å². The number of carbonyl (C=O) groups excluding carboxylic acids is 1. The van der Waals surface area contributed by atoms with Gasteiger partial charge in [-0.3, -0.25) is 10.1 Å². The van der Waals surface area contributed by atoms with E-state index in [4.69, 9.17) is 16.3 Å². The molecule has 1 N–H and O–H groups in total. The molecule has 6 heteroatoms. The van der Waals surface area contributed by atoms with E-state index in [1.807, 2.05) is 6.92 Å². The topological polar surface area (TPSA) is 64.1 Å². The molecule has 5 nitrogen and oxygen atoms in total. The predicted molar refractivity (Wildman–Crippen MR) is 63.9 cm³/mol. The highest BCUT2D eigenvalue weighted by molar-refractivity contribution is 6.29. The summed E-state index contributed by atoms with van der Waals surface area (Å²) in [5.74, 6) is 0.00320. The molecule has 0 saturated carbocycles. The minimum Gasteiger partial charge on any atom is -0.378 e. The van der Waals surface area contributed by atoms with Crippen LogP contribution in [-0.2, 0) is 9.53 Å². The average Bonchev–Trinajstić information content (AvgIpc) is 2.63. The van der Waals surface area contributed by atoms with Gasteiger partial charge in [0.1, 0.15) is 5.15 Å². The summed E-state index contributed by atoms with van der Waals surface area (Å²) in [6.07, 6.45) is 0.860. The molecule has 1 fully saturated rings. The summed E-state index contributed by atoms with van der Waals surface area (Å²) in [4.78, 5) is 19.9. The van der Waals surface area contributed by atoms with Crippen molar-refractivity contribution in [2.45, 2.75) is 26.4 Å². The van der Waals surface area contributed by atoms with Crippen LogP contribution in [0.3, 0.4) is 0 Å². The zero-order valence-corrected chi connectivity index (χ0v) is 10.5. The number of amides is 1. The number of ether oxygens (including phenoxy) is 1. The molecule has 17 heavy (non-hydrogen) atoms. The molecule has 1 amide bonds. The van der Waals surface area contributed by atoms with Gasteiger partial charge in [0.2, 0.25) is 11.9 Å².